The van der Waals surface area contributed by atoms with Crippen LogP contribution in [-0.2, 0) is 14.3 Å². The maximum Gasteiger partial charge on any atom is 0.309 e. The molecular formula is C18H23NO3. The van der Waals surface area contributed by atoms with E-state index >= 15 is 0 Å². The van der Waals surface area contributed by atoms with Crippen LogP contribution < -0.4 is 5.32 Å². The number of carbonyl (C=O) groups excluding carboxylic acids is 2. The number of carbonyl (C=O) groups is 2. The second-order valence-corrected chi connectivity index (χ2v) is 5.91. The first-order chi connectivity index (χ1) is 10.6. The van der Waals surface area contributed by atoms with E-state index < -0.39 is 0 Å². The van der Waals surface area contributed by atoms with E-state index in [0.29, 0.717) is 18.0 Å². The molecule has 0 fully saturated rings. The Bertz CT molecular complexity index is 546. The first-order valence-corrected chi connectivity index (χ1v) is 7.77. The van der Waals surface area contributed by atoms with Crippen molar-refractivity contribution < 1.29 is 14.3 Å². The second-order valence-electron chi connectivity index (χ2n) is 5.91. The maximum atomic E-state index is 11.8. The van der Waals surface area contributed by atoms with Crippen molar-refractivity contribution in [3.8, 4) is 0 Å². The molecule has 0 spiro atoms. The van der Waals surface area contributed by atoms with Gasteiger partial charge in [0.2, 0.25) is 0 Å². The predicted octanol–water partition coefficient (Wildman–Crippen LogP) is 3.65. The monoisotopic (exact) mass is 301 g/mol. The number of allylic oxidation sites excluding steroid dienone is 2. The summed E-state index contributed by atoms with van der Waals surface area (Å²) in [5.41, 5.74) is 1.93. The lowest BCUT2D eigenvalue weighted by molar-refractivity contribution is -0.151. The average Bonchev–Trinajstić information content (AvgIpc) is 2.54. The van der Waals surface area contributed by atoms with Crippen LogP contribution in [0.4, 0.5) is 5.69 Å². The van der Waals surface area contributed by atoms with Crippen molar-refractivity contribution >= 4 is 17.6 Å². The van der Waals surface area contributed by atoms with Crippen molar-refractivity contribution in [3.05, 3.63) is 42.0 Å². The SMILES string of the molecule is CC(C)c1ccc(NC(=O)COC(=O)[C@H]2CC=CCC2)cc1. The molecule has 1 aromatic carbocycles. The number of hydrogen-bond acceptors (Lipinski definition) is 3. The van der Waals surface area contributed by atoms with Crippen molar-refractivity contribution in [2.75, 3.05) is 11.9 Å². The first-order valence-electron chi connectivity index (χ1n) is 7.77. The van der Waals surface area contributed by atoms with Crippen LogP contribution in [0.5, 0.6) is 0 Å². The van der Waals surface area contributed by atoms with Gasteiger partial charge in [0.15, 0.2) is 6.61 Å². The lowest BCUT2D eigenvalue weighted by Crippen LogP contribution is -2.25. The Kier molecular flexibility index (Phi) is 5.75. The molecule has 4 heteroatoms. The molecular weight excluding hydrogens is 278 g/mol. The normalized spacial score (nSPS) is 17.3. The number of rotatable bonds is 5. The fourth-order valence-electron chi connectivity index (χ4n) is 2.41. The summed E-state index contributed by atoms with van der Waals surface area (Å²) in [6, 6.07) is 7.70. The summed E-state index contributed by atoms with van der Waals surface area (Å²) in [6.45, 7) is 4.01. The molecule has 118 valence electrons. The number of esters is 1. The molecule has 0 saturated heterocycles. The Morgan fingerprint density at radius 1 is 1.23 bits per heavy atom. The minimum Gasteiger partial charge on any atom is -0.455 e. The van der Waals surface area contributed by atoms with E-state index in [1.54, 1.807) is 0 Å². The summed E-state index contributed by atoms with van der Waals surface area (Å²) in [5, 5.41) is 2.74. The molecule has 4 nitrogen and oxygen atoms in total. The van der Waals surface area contributed by atoms with Gasteiger partial charge in [-0.1, -0.05) is 38.1 Å². The second kappa shape index (κ2) is 7.78. The van der Waals surface area contributed by atoms with Gasteiger partial charge in [-0.3, -0.25) is 9.59 Å². The summed E-state index contributed by atoms with van der Waals surface area (Å²) >= 11 is 0. The van der Waals surface area contributed by atoms with E-state index in [1.165, 1.54) is 5.56 Å². The topological polar surface area (TPSA) is 55.4 Å². The van der Waals surface area contributed by atoms with E-state index in [-0.39, 0.29) is 24.4 Å². The predicted molar refractivity (Wildman–Crippen MR) is 86.6 cm³/mol. The molecule has 1 aromatic rings. The third kappa shape index (κ3) is 4.72. The fraction of sp³-hybridized carbons (Fsp3) is 0.444. The smallest absolute Gasteiger partial charge is 0.309 e. The number of ether oxygens (including phenoxy) is 1. The average molecular weight is 301 g/mol. The number of nitrogens with one attached hydrogen (secondary N) is 1. The summed E-state index contributed by atoms with van der Waals surface area (Å²) in [4.78, 5) is 23.7. The van der Waals surface area contributed by atoms with Crippen LogP contribution in [0.3, 0.4) is 0 Å². The highest BCUT2D eigenvalue weighted by Gasteiger charge is 2.20. The lowest BCUT2D eigenvalue weighted by Gasteiger charge is -2.16. The zero-order valence-corrected chi connectivity index (χ0v) is 13.2. The van der Waals surface area contributed by atoms with E-state index in [4.69, 9.17) is 4.74 Å². The molecule has 0 radical (unpaired) electrons. The maximum absolute atomic E-state index is 11.8. The first kappa shape index (κ1) is 16.3. The van der Waals surface area contributed by atoms with Gasteiger partial charge in [0.05, 0.1) is 5.92 Å². The van der Waals surface area contributed by atoms with Crippen LogP contribution in [0.15, 0.2) is 36.4 Å². The third-order valence-corrected chi connectivity index (χ3v) is 3.81. The van der Waals surface area contributed by atoms with Crippen LogP contribution in [0, 0.1) is 5.92 Å². The summed E-state index contributed by atoms with van der Waals surface area (Å²) < 4.78 is 5.09. The molecule has 1 atom stereocenters. The largest absolute Gasteiger partial charge is 0.455 e. The van der Waals surface area contributed by atoms with Crippen LogP contribution in [0.1, 0.15) is 44.6 Å². The Morgan fingerprint density at radius 3 is 2.55 bits per heavy atom. The molecule has 2 rings (SSSR count). The van der Waals surface area contributed by atoms with Crippen LogP contribution in [0.2, 0.25) is 0 Å². The highest BCUT2D eigenvalue weighted by molar-refractivity contribution is 5.92. The third-order valence-electron chi connectivity index (χ3n) is 3.81. The van der Waals surface area contributed by atoms with Crippen molar-refractivity contribution in [3.63, 3.8) is 0 Å². The molecule has 0 aromatic heterocycles. The quantitative estimate of drug-likeness (QED) is 0.667. The Hall–Kier alpha value is -2.10. The molecule has 1 N–H and O–H groups in total. The summed E-state index contributed by atoms with van der Waals surface area (Å²) in [6.07, 6.45) is 6.46. The van der Waals surface area contributed by atoms with Gasteiger partial charge in [0.1, 0.15) is 0 Å². The molecule has 0 aliphatic heterocycles. The van der Waals surface area contributed by atoms with Crippen LogP contribution >= 0.6 is 0 Å². The van der Waals surface area contributed by atoms with Gasteiger partial charge < -0.3 is 10.1 Å². The van der Waals surface area contributed by atoms with Crippen LogP contribution in [0.25, 0.3) is 0 Å². The highest BCUT2D eigenvalue weighted by atomic mass is 16.5. The van der Waals surface area contributed by atoms with E-state index in [0.717, 1.165) is 12.8 Å². The number of hydrogen-bond donors (Lipinski definition) is 1. The Morgan fingerprint density at radius 2 is 1.95 bits per heavy atom. The highest BCUT2D eigenvalue weighted by Crippen LogP contribution is 2.19. The molecule has 1 amide bonds. The minimum absolute atomic E-state index is 0.108. The lowest BCUT2D eigenvalue weighted by atomic mass is 9.95. The fourth-order valence-corrected chi connectivity index (χ4v) is 2.41. The van der Waals surface area contributed by atoms with E-state index in [9.17, 15) is 9.59 Å². The molecule has 0 unspecified atom stereocenters. The van der Waals surface area contributed by atoms with Gasteiger partial charge in [-0.05, 0) is 42.9 Å². The zero-order chi connectivity index (χ0) is 15.9. The molecule has 0 saturated carbocycles. The van der Waals surface area contributed by atoms with E-state index in [2.05, 4.69) is 25.2 Å². The van der Waals surface area contributed by atoms with E-state index in [1.807, 2.05) is 30.3 Å². The summed E-state index contributed by atoms with van der Waals surface area (Å²) in [7, 11) is 0. The van der Waals surface area contributed by atoms with Crippen molar-refractivity contribution in [1.29, 1.82) is 0 Å². The van der Waals surface area contributed by atoms with Gasteiger partial charge in [0, 0.05) is 5.69 Å². The van der Waals surface area contributed by atoms with Crippen molar-refractivity contribution in [2.45, 2.75) is 39.0 Å². The molecule has 1 aliphatic rings. The number of benzene rings is 1. The Balaban J connectivity index is 1.77. The van der Waals surface area contributed by atoms with Gasteiger partial charge in [-0.15, -0.1) is 0 Å². The number of anilines is 1. The zero-order valence-electron chi connectivity index (χ0n) is 13.2. The molecule has 1 aliphatic carbocycles. The molecule has 0 bridgehead atoms. The van der Waals surface area contributed by atoms with Gasteiger partial charge >= 0.3 is 5.97 Å². The Labute approximate surface area is 131 Å². The number of amides is 1. The van der Waals surface area contributed by atoms with Crippen molar-refractivity contribution in [1.82, 2.24) is 0 Å². The summed E-state index contributed by atoms with van der Waals surface area (Å²) in [5.74, 6) is -0.245. The minimum atomic E-state index is -0.308. The van der Waals surface area contributed by atoms with Crippen molar-refractivity contribution in [2.24, 2.45) is 5.92 Å². The van der Waals surface area contributed by atoms with Crippen LogP contribution in [-0.4, -0.2) is 18.5 Å². The molecule has 0 heterocycles. The van der Waals surface area contributed by atoms with Gasteiger partial charge in [-0.25, -0.2) is 0 Å². The standard InChI is InChI=1S/C18H23NO3/c1-13(2)14-8-10-16(11-9-14)19-17(20)12-22-18(21)15-6-4-3-5-7-15/h3-4,8-11,13,15H,5-7,12H2,1-2H3,(H,19,20)/t15-/m0/s1. The van der Waals surface area contributed by atoms with Gasteiger partial charge in [-0.2, -0.15) is 0 Å². The van der Waals surface area contributed by atoms with Gasteiger partial charge in [0.25, 0.3) is 5.91 Å². The molecule has 22 heavy (non-hydrogen) atoms.